The maximum absolute atomic E-state index is 12.8. The molecule has 0 amide bonds. The fraction of sp³-hybridized carbons (Fsp3) is 0.647. The van der Waals surface area contributed by atoms with Gasteiger partial charge in [-0.15, -0.1) is 0 Å². The predicted molar refractivity (Wildman–Crippen MR) is 89.7 cm³/mol. The Hall–Kier alpha value is -0.910. The average Bonchev–Trinajstić information content (AvgIpc) is 2.46. The first-order chi connectivity index (χ1) is 10.1. The number of hydrogen-bond donors (Lipinski definition) is 1. The Balaban J connectivity index is 2.19. The van der Waals surface area contributed by atoms with Crippen LogP contribution in [0.3, 0.4) is 0 Å². The molecule has 0 unspecified atom stereocenters. The van der Waals surface area contributed by atoms with Crippen LogP contribution in [0.4, 0.5) is 0 Å². The van der Waals surface area contributed by atoms with Crippen molar-refractivity contribution in [2.45, 2.75) is 50.0 Å². The Bertz CT molecular complexity index is 595. The van der Waals surface area contributed by atoms with Crippen molar-refractivity contribution in [2.75, 3.05) is 27.2 Å². The van der Waals surface area contributed by atoms with Crippen LogP contribution in [0.5, 0.6) is 0 Å². The number of hydrogen-bond acceptors (Lipinski definition) is 2. The number of quaternary nitrogens is 1. The van der Waals surface area contributed by atoms with Crippen LogP contribution >= 0.6 is 0 Å². The van der Waals surface area contributed by atoms with E-state index in [-0.39, 0.29) is 11.5 Å². The number of nitrogens with zero attached hydrogens (tertiary/aromatic N) is 1. The molecular weight excluding hydrogens is 296 g/mol. The highest BCUT2D eigenvalue weighted by Gasteiger charge is 2.31. The summed E-state index contributed by atoms with van der Waals surface area (Å²) in [7, 11) is 0.489. The summed E-state index contributed by atoms with van der Waals surface area (Å²) in [5, 5.41) is 0. The zero-order valence-corrected chi connectivity index (χ0v) is 15.2. The topological polar surface area (TPSA) is 41.8 Å². The molecule has 5 heteroatoms. The maximum atomic E-state index is 12.8. The second-order valence-corrected chi connectivity index (χ2v) is 9.48. The number of benzene rings is 1. The minimum Gasteiger partial charge on any atom is -0.337 e. The summed E-state index contributed by atoms with van der Waals surface area (Å²) in [6, 6.07) is 7.47. The van der Waals surface area contributed by atoms with Crippen molar-refractivity contribution < 1.29 is 13.3 Å². The second kappa shape index (κ2) is 6.30. The lowest BCUT2D eigenvalue weighted by Gasteiger charge is -2.32. The van der Waals surface area contributed by atoms with Gasteiger partial charge >= 0.3 is 0 Å². The van der Waals surface area contributed by atoms with E-state index in [1.165, 1.54) is 4.90 Å². The summed E-state index contributed by atoms with van der Waals surface area (Å²) < 4.78 is 27.2. The van der Waals surface area contributed by atoms with Crippen LogP contribution in [0.2, 0.25) is 0 Å². The molecule has 0 radical (unpaired) electrons. The molecule has 4 nitrogen and oxygen atoms in total. The van der Waals surface area contributed by atoms with Gasteiger partial charge in [-0.2, -0.15) is 4.31 Å². The zero-order valence-electron chi connectivity index (χ0n) is 14.4. The number of piperidine rings is 1. The first-order valence-electron chi connectivity index (χ1n) is 8.02. The lowest BCUT2D eigenvalue weighted by molar-refractivity contribution is -0.885. The quantitative estimate of drug-likeness (QED) is 0.910. The monoisotopic (exact) mass is 325 g/mol. The highest BCUT2D eigenvalue weighted by Crippen LogP contribution is 2.25. The van der Waals surface area contributed by atoms with E-state index in [1.54, 1.807) is 23.5 Å². The third kappa shape index (κ3) is 3.70. The second-order valence-electron chi connectivity index (χ2n) is 7.48. The van der Waals surface area contributed by atoms with E-state index in [0.717, 1.165) is 31.5 Å². The third-order valence-corrected chi connectivity index (χ3v) is 6.64. The molecule has 0 saturated carbocycles. The molecule has 1 aromatic carbocycles. The van der Waals surface area contributed by atoms with Crippen molar-refractivity contribution in [1.82, 2.24) is 4.31 Å². The summed E-state index contributed by atoms with van der Waals surface area (Å²) in [4.78, 5) is 1.88. The van der Waals surface area contributed by atoms with Crippen molar-refractivity contribution in [1.29, 1.82) is 0 Å². The number of rotatable bonds is 3. The minimum atomic E-state index is -3.39. The average molecular weight is 325 g/mol. The highest BCUT2D eigenvalue weighted by molar-refractivity contribution is 7.89. The van der Waals surface area contributed by atoms with Gasteiger partial charge in [-0.1, -0.05) is 32.9 Å². The molecule has 1 N–H and O–H groups in total. The summed E-state index contributed by atoms with van der Waals surface area (Å²) in [5.74, 6) is 0. The smallest absolute Gasteiger partial charge is 0.243 e. The molecule has 1 fully saturated rings. The molecule has 0 spiro atoms. The molecule has 1 aliphatic heterocycles. The minimum absolute atomic E-state index is 0.0327. The number of sulfonamides is 1. The Kier molecular flexibility index (Phi) is 5.00. The normalized spacial score (nSPS) is 23.7. The molecule has 1 heterocycles. The SMILES string of the molecule is CN(C1CC[NH+](C)CC1)S(=O)(=O)c1ccc(C(C)(C)C)cc1. The molecule has 0 atom stereocenters. The van der Waals surface area contributed by atoms with Crippen LogP contribution in [0, 0.1) is 0 Å². The Morgan fingerprint density at radius 3 is 2.05 bits per heavy atom. The molecule has 0 aliphatic carbocycles. The largest absolute Gasteiger partial charge is 0.337 e. The van der Waals surface area contributed by atoms with Crippen molar-refractivity contribution in [3.05, 3.63) is 29.8 Å². The van der Waals surface area contributed by atoms with E-state index in [9.17, 15) is 8.42 Å². The lowest BCUT2D eigenvalue weighted by Crippen LogP contribution is -3.10. The first kappa shape index (κ1) is 17.4. The lowest BCUT2D eigenvalue weighted by atomic mass is 9.87. The predicted octanol–water partition coefficient (Wildman–Crippen LogP) is 1.28. The van der Waals surface area contributed by atoms with Crippen LogP contribution in [-0.4, -0.2) is 45.9 Å². The fourth-order valence-electron chi connectivity index (χ4n) is 2.95. The fourth-order valence-corrected chi connectivity index (χ4v) is 4.36. The summed E-state index contributed by atoms with van der Waals surface area (Å²) in [6.07, 6.45) is 1.86. The van der Waals surface area contributed by atoms with E-state index in [4.69, 9.17) is 0 Å². The van der Waals surface area contributed by atoms with Gasteiger partial charge in [0.2, 0.25) is 10.0 Å². The van der Waals surface area contributed by atoms with E-state index < -0.39 is 10.0 Å². The summed E-state index contributed by atoms with van der Waals surface area (Å²) >= 11 is 0. The van der Waals surface area contributed by atoms with Gasteiger partial charge in [-0.3, -0.25) is 0 Å². The van der Waals surface area contributed by atoms with E-state index >= 15 is 0 Å². The van der Waals surface area contributed by atoms with Crippen LogP contribution in [-0.2, 0) is 15.4 Å². The van der Waals surface area contributed by atoms with Crippen molar-refractivity contribution in [3.8, 4) is 0 Å². The number of likely N-dealkylation sites (tertiary alicyclic amines) is 1. The molecule has 1 aromatic rings. The Morgan fingerprint density at radius 1 is 1.09 bits per heavy atom. The van der Waals surface area contributed by atoms with Gasteiger partial charge in [0.15, 0.2) is 0 Å². The van der Waals surface area contributed by atoms with Gasteiger partial charge in [0.1, 0.15) is 0 Å². The molecule has 22 heavy (non-hydrogen) atoms. The molecule has 1 saturated heterocycles. The van der Waals surface area contributed by atoms with E-state index in [0.29, 0.717) is 4.90 Å². The van der Waals surface area contributed by atoms with Gasteiger partial charge in [0.25, 0.3) is 0 Å². The van der Waals surface area contributed by atoms with Gasteiger partial charge in [0, 0.05) is 25.9 Å². The molecule has 2 rings (SSSR count). The zero-order chi connectivity index (χ0) is 16.5. The first-order valence-corrected chi connectivity index (χ1v) is 9.46. The third-order valence-electron chi connectivity index (χ3n) is 4.72. The van der Waals surface area contributed by atoms with Crippen LogP contribution in [0.15, 0.2) is 29.2 Å². The van der Waals surface area contributed by atoms with Crippen molar-refractivity contribution in [2.24, 2.45) is 0 Å². The molecule has 0 aromatic heterocycles. The van der Waals surface area contributed by atoms with Crippen molar-refractivity contribution >= 4 is 10.0 Å². The van der Waals surface area contributed by atoms with Gasteiger partial charge in [0.05, 0.1) is 25.0 Å². The Labute approximate surface area is 135 Å². The standard InChI is InChI=1S/C17H28N2O2S/c1-17(2,3)14-6-8-16(9-7-14)22(20,21)19(5)15-10-12-18(4)13-11-15/h6-9,15H,10-13H2,1-5H3/p+1. The van der Waals surface area contributed by atoms with Gasteiger partial charge < -0.3 is 4.90 Å². The van der Waals surface area contributed by atoms with Crippen molar-refractivity contribution in [3.63, 3.8) is 0 Å². The van der Waals surface area contributed by atoms with Crippen LogP contribution in [0.25, 0.3) is 0 Å². The summed E-state index contributed by atoms with van der Waals surface area (Å²) in [6.45, 7) is 8.46. The summed E-state index contributed by atoms with van der Waals surface area (Å²) in [5.41, 5.74) is 1.18. The van der Waals surface area contributed by atoms with Crippen LogP contribution < -0.4 is 4.90 Å². The maximum Gasteiger partial charge on any atom is 0.243 e. The molecule has 1 aliphatic rings. The van der Waals surface area contributed by atoms with Gasteiger partial charge in [-0.05, 0) is 23.1 Å². The molecular formula is C17H29N2O2S+. The molecule has 0 bridgehead atoms. The van der Waals surface area contributed by atoms with E-state index in [1.807, 2.05) is 12.1 Å². The Morgan fingerprint density at radius 2 is 1.59 bits per heavy atom. The molecule has 124 valence electrons. The van der Waals surface area contributed by atoms with Gasteiger partial charge in [-0.25, -0.2) is 8.42 Å². The highest BCUT2D eigenvalue weighted by atomic mass is 32.2. The van der Waals surface area contributed by atoms with Crippen LogP contribution in [0.1, 0.15) is 39.2 Å². The number of nitrogens with one attached hydrogen (secondary N) is 1. The van der Waals surface area contributed by atoms with E-state index in [2.05, 4.69) is 27.8 Å².